The number of carbonyl (C=O) groups excluding carboxylic acids is 2. The van der Waals surface area contributed by atoms with Gasteiger partial charge in [0.25, 0.3) is 5.91 Å². The third-order valence-electron chi connectivity index (χ3n) is 5.32. The van der Waals surface area contributed by atoms with Crippen molar-refractivity contribution < 1.29 is 46.4 Å². The largest absolute Gasteiger partial charge is 0.490 e. The number of nitriles is 1. The number of carbonyl (C=O) groups is 2. The van der Waals surface area contributed by atoms with Gasteiger partial charge in [-0.2, -0.15) is 36.7 Å². The number of nitrogens with zero attached hydrogens (tertiary/aromatic N) is 3. The third-order valence-corrected chi connectivity index (χ3v) is 5.32. The minimum Gasteiger partial charge on any atom is -0.462 e. The summed E-state index contributed by atoms with van der Waals surface area (Å²) < 4.78 is 75.9. The maximum absolute atomic E-state index is 12.7. The maximum atomic E-state index is 12.7. The van der Waals surface area contributed by atoms with Crippen LogP contribution in [-0.4, -0.2) is 41.0 Å². The normalized spacial score (nSPS) is 19.9. The van der Waals surface area contributed by atoms with Gasteiger partial charge in [-0.05, 0) is 30.7 Å². The highest BCUT2D eigenvalue weighted by molar-refractivity contribution is 5.98. The molecule has 0 saturated heterocycles. The topological polar surface area (TPSA) is 151 Å². The fraction of sp³-hybridized carbons (Fsp3) is 0.429. The van der Waals surface area contributed by atoms with Gasteiger partial charge in [-0.15, -0.1) is 0 Å². The predicted octanol–water partition coefficient (Wildman–Crippen LogP) is 2.94. The van der Waals surface area contributed by atoms with E-state index in [1.807, 2.05) is 0 Å². The molecule has 1 aliphatic carbocycles. The molecule has 3 rings (SSSR count). The summed E-state index contributed by atoms with van der Waals surface area (Å²) in [4.78, 5) is 21.3. The molecule has 0 radical (unpaired) electrons. The number of aromatic nitrogens is 2. The van der Waals surface area contributed by atoms with Crippen LogP contribution in [0, 0.1) is 17.2 Å². The van der Waals surface area contributed by atoms with Gasteiger partial charge >= 0.3 is 18.3 Å². The number of amides is 1. The number of hydrogen-bond acceptors (Lipinski definition) is 6. The molecule has 15 heteroatoms. The molecule has 1 unspecified atom stereocenters. The van der Waals surface area contributed by atoms with Crippen molar-refractivity contribution in [2.45, 2.75) is 43.7 Å². The van der Waals surface area contributed by atoms with E-state index in [1.165, 1.54) is 18.3 Å². The van der Waals surface area contributed by atoms with Gasteiger partial charge in [0.1, 0.15) is 5.56 Å². The van der Waals surface area contributed by atoms with Crippen LogP contribution in [0.2, 0.25) is 0 Å². The van der Waals surface area contributed by atoms with Crippen molar-refractivity contribution in [2.75, 3.05) is 12.4 Å². The van der Waals surface area contributed by atoms with Gasteiger partial charge in [0.2, 0.25) is 0 Å². The molecular formula is C21H23F6N6O3+. The van der Waals surface area contributed by atoms with Crippen LogP contribution < -0.4 is 16.8 Å². The Labute approximate surface area is 201 Å². The third kappa shape index (κ3) is 7.35. The molecule has 1 saturated carbocycles. The first-order chi connectivity index (χ1) is 16.7. The van der Waals surface area contributed by atoms with Crippen molar-refractivity contribution in [2.24, 2.45) is 11.7 Å². The fourth-order valence-electron chi connectivity index (χ4n) is 3.53. The van der Waals surface area contributed by atoms with E-state index in [0.29, 0.717) is 25.6 Å². The second kappa shape index (κ2) is 11.3. The van der Waals surface area contributed by atoms with Gasteiger partial charge in [-0.1, -0.05) is 0 Å². The Morgan fingerprint density at radius 2 is 1.81 bits per heavy atom. The van der Waals surface area contributed by atoms with E-state index >= 15 is 0 Å². The summed E-state index contributed by atoms with van der Waals surface area (Å²) in [5, 5.41) is 16.6. The SMILES string of the molecule is COC(=O)C(F)(F)F.N#CC1C[C@@H]([NH3+])CC[C@H]1n1cc(C(N)=O)c(Nc2ccc(C(F)(F)F)cc2)n1. The predicted molar refractivity (Wildman–Crippen MR) is 112 cm³/mol. The number of hydrogen-bond donors (Lipinski definition) is 3. The number of nitrogens with two attached hydrogens (primary N) is 1. The lowest BCUT2D eigenvalue weighted by molar-refractivity contribution is -0.428. The minimum atomic E-state index is -4.85. The van der Waals surface area contributed by atoms with E-state index in [4.69, 9.17) is 5.73 Å². The Bertz CT molecular complexity index is 1110. The fourth-order valence-corrected chi connectivity index (χ4v) is 3.53. The maximum Gasteiger partial charge on any atom is 0.490 e. The van der Waals surface area contributed by atoms with Crippen LogP contribution in [0.5, 0.6) is 0 Å². The standard InChI is InChI=1S/C18H19F3N6O.C3H3F3O2/c19-18(20,21)11-1-4-13(5-2-11)25-17-14(16(24)28)9-27(26-17)15-6-3-12(23)7-10(15)8-22;1-8-2(7)3(4,5)6/h1-2,4-5,9-10,12,15H,3,6-7,23H2,(H2,24,28)(H,25,26);1H3/p+1/t10?,12-,15+;/m0./s1. The van der Waals surface area contributed by atoms with Crippen molar-refractivity contribution in [3.8, 4) is 6.07 Å². The summed E-state index contributed by atoms with van der Waals surface area (Å²) in [5.74, 6) is -3.05. The summed E-state index contributed by atoms with van der Waals surface area (Å²) in [6, 6.07) is 6.61. The van der Waals surface area contributed by atoms with Gasteiger partial charge in [0.15, 0.2) is 5.82 Å². The molecule has 0 bridgehead atoms. The smallest absolute Gasteiger partial charge is 0.462 e. The molecule has 6 N–H and O–H groups in total. The second-order valence-corrected chi connectivity index (χ2v) is 7.91. The lowest BCUT2D eigenvalue weighted by Gasteiger charge is -2.28. The van der Waals surface area contributed by atoms with Gasteiger partial charge in [-0.3, -0.25) is 9.48 Å². The Morgan fingerprint density at radius 1 is 1.19 bits per heavy atom. The number of anilines is 2. The molecule has 0 spiro atoms. The first-order valence-electron chi connectivity index (χ1n) is 10.4. The van der Waals surface area contributed by atoms with Crippen LogP contribution in [0.15, 0.2) is 30.5 Å². The van der Waals surface area contributed by atoms with Gasteiger partial charge in [0, 0.05) is 24.7 Å². The Morgan fingerprint density at radius 3 is 2.25 bits per heavy atom. The lowest BCUT2D eigenvalue weighted by Crippen LogP contribution is -2.63. The quantitative estimate of drug-likeness (QED) is 0.416. The van der Waals surface area contributed by atoms with Crippen molar-refractivity contribution in [3.05, 3.63) is 41.6 Å². The van der Waals surface area contributed by atoms with E-state index in [1.54, 1.807) is 4.68 Å². The average Bonchev–Trinajstić information content (AvgIpc) is 3.21. The minimum absolute atomic E-state index is 0.105. The molecular weight excluding hydrogens is 498 g/mol. The Balaban J connectivity index is 0.000000493. The van der Waals surface area contributed by atoms with Crippen LogP contribution in [0.25, 0.3) is 0 Å². The molecule has 3 atom stereocenters. The molecule has 1 aromatic heterocycles. The van der Waals surface area contributed by atoms with E-state index in [2.05, 4.69) is 27.0 Å². The molecule has 36 heavy (non-hydrogen) atoms. The molecule has 1 heterocycles. The number of alkyl halides is 6. The van der Waals surface area contributed by atoms with E-state index < -0.39 is 29.8 Å². The van der Waals surface area contributed by atoms with Crippen molar-refractivity contribution in [1.29, 1.82) is 5.26 Å². The van der Waals surface area contributed by atoms with E-state index in [0.717, 1.165) is 18.6 Å². The molecule has 1 fully saturated rings. The van der Waals surface area contributed by atoms with Crippen LogP contribution in [0.3, 0.4) is 0 Å². The number of halogens is 6. The Hall–Kier alpha value is -3.80. The van der Waals surface area contributed by atoms with Gasteiger partial charge in [-0.25, -0.2) is 4.79 Å². The first-order valence-corrected chi connectivity index (χ1v) is 10.4. The number of methoxy groups -OCH3 is 1. The summed E-state index contributed by atoms with van der Waals surface area (Å²) in [5.41, 5.74) is 9.09. The number of quaternary nitrogens is 1. The van der Waals surface area contributed by atoms with Crippen molar-refractivity contribution in [1.82, 2.24) is 9.78 Å². The molecule has 1 aliphatic rings. The van der Waals surface area contributed by atoms with Crippen molar-refractivity contribution >= 4 is 23.4 Å². The summed E-state index contributed by atoms with van der Waals surface area (Å²) in [6.07, 6.45) is -5.66. The highest BCUT2D eigenvalue weighted by atomic mass is 19.4. The van der Waals surface area contributed by atoms with Crippen LogP contribution in [-0.2, 0) is 15.7 Å². The molecule has 196 valence electrons. The van der Waals surface area contributed by atoms with Crippen molar-refractivity contribution in [3.63, 3.8) is 0 Å². The molecule has 1 aromatic carbocycles. The number of primary amides is 1. The zero-order chi connectivity index (χ0) is 27.3. The van der Waals surface area contributed by atoms with E-state index in [-0.39, 0.29) is 29.4 Å². The summed E-state index contributed by atoms with van der Waals surface area (Å²) in [6.45, 7) is 0. The second-order valence-electron chi connectivity index (χ2n) is 7.91. The number of esters is 1. The van der Waals surface area contributed by atoms with Gasteiger partial charge in [0.05, 0.1) is 36.7 Å². The first kappa shape index (κ1) is 28.4. The lowest BCUT2D eigenvalue weighted by atomic mass is 9.83. The number of rotatable bonds is 4. The Kier molecular flexibility index (Phi) is 8.92. The van der Waals surface area contributed by atoms with Gasteiger partial charge < -0.3 is 21.5 Å². The monoisotopic (exact) mass is 521 g/mol. The number of nitrogens with one attached hydrogen (secondary N) is 1. The average molecular weight is 521 g/mol. The van der Waals surface area contributed by atoms with Crippen LogP contribution >= 0.6 is 0 Å². The molecule has 0 aliphatic heterocycles. The highest BCUT2D eigenvalue weighted by Gasteiger charge is 2.40. The zero-order valence-corrected chi connectivity index (χ0v) is 18.9. The summed E-state index contributed by atoms with van der Waals surface area (Å²) >= 11 is 0. The van der Waals surface area contributed by atoms with Crippen LogP contribution in [0.1, 0.15) is 41.2 Å². The molecule has 9 nitrogen and oxygen atoms in total. The number of benzene rings is 1. The number of ether oxygens (including phenoxy) is 1. The van der Waals surface area contributed by atoms with Crippen LogP contribution in [0.4, 0.5) is 37.8 Å². The molecule has 2 aromatic rings. The van der Waals surface area contributed by atoms with E-state index in [9.17, 15) is 41.2 Å². The molecule has 1 amide bonds. The zero-order valence-electron chi connectivity index (χ0n) is 18.9. The summed E-state index contributed by atoms with van der Waals surface area (Å²) in [7, 11) is 0.676. The highest BCUT2D eigenvalue weighted by Crippen LogP contribution is 2.34.